The molecule has 8 unspecified atom stereocenters. The molecule has 8 atom stereocenters. The average molecular weight is 707 g/mol. The second kappa shape index (κ2) is 18.6. The molecule has 44 heavy (non-hydrogen) atoms. The number of hydrogen-bond donors (Lipinski definition) is 0. The van der Waals surface area contributed by atoms with E-state index in [1.54, 1.807) is 24.2 Å². The van der Waals surface area contributed by atoms with Crippen molar-refractivity contribution in [3.8, 4) is 0 Å². The Balaban J connectivity index is 0.000000171. The summed E-state index contributed by atoms with van der Waals surface area (Å²) in [5.41, 5.74) is 0. The van der Waals surface area contributed by atoms with Gasteiger partial charge in [-0.3, -0.25) is 6.08 Å². The standard InChI is InChI=1S/C21H21.C15H26.C5H5.2ClH.Zr/c1-2-8-15-14(7-1)13-20-18-11-4-3-9-16(18)17-10-5-6-12-19(17)21(15)20;1-3-8-14(9-4-1)12-7-13-15-10-5-2-6-11-15;1-2-4-5-3-1;;;/h1-21H;14-15H,1-6,8-13H2;1-3H,4H2;2*1H;/q-1;;-1;;;+2/p-2. The topological polar surface area (TPSA) is 0 Å². The van der Waals surface area contributed by atoms with E-state index in [1.165, 1.54) is 77.0 Å². The van der Waals surface area contributed by atoms with E-state index in [0.717, 1.165) is 30.1 Å². The van der Waals surface area contributed by atoms with Gasteiger partial charge in [-0.15, -0.1) is 18.4 Å². The van der Waals surface area contributed by atoms with Gasteiger partial charge in [-0.25, -0.2) is 12.2 Å². The van der Waals surface area contributed by atoms with Gasteiger partial charge in [0.1, 0.15) is 0 Å². The van der Waals surface area contributed by atoms with E-state index in [-0.39, 0.29) is 24.8 Å². The first-order valence-corrected chi connectivity index (χ1v) is 18.7. The van der Waals surface area contributed by atoms with Crippen LogP contribution >= 0.6 is 0 Å². The Morgan fingerprint density at radius 3 is 1.61 bits per heavy atom. The van der Waals surface area contributed by atoms with Gasteiger partial charge in [0.05, 0.1) is 0 Å². The minimum atomic E-state index is 0. The number of hydrogen-bond acceptors (Lipinski definition) is 0. The SMILES string of the molecule is C1=CC2[CH-]C3C4C=CC=CC4C4C=CC=CC4C3C2C=C1.[C-]1=CC=CC1.[Cl-].[Cl-].[Zr+2]=[C](CC1CCCCC1)CC1CCCCC1. The summed E-state index contributed by atoms with van der Waals surface area (Å²) in [6.07, 6.45) is 59.2. The predicted molar refractivity (Wildman–Crippen MR) is 176 cm³/mol. The van der Waals surface area contributed by atoms with Crippen LogP contribution in [0.3, 0.4) is 0 Å². The molecule has 0 aromatic heterocycles. The van der Waals surface area contributed by atoms with Crippen LogP contribution < -0.4 is 24.8 Å². The van der Waals surface area contributed by atoms with Gasteiger partial charge in [-0.05, 0) is 29.6 Å². The van der Waals surface area contributed by atoms with E-state index < -0.39 is 0 Å². The van der Waals surface area contributed by atoms with Crippen LogP contribution in [0.2, 0.25) is 0 Å². The third kappa shape index (κ3) is 9.20. The van der Waals surface area contributed by atoms with E-state index in [0.29, 0.717) is 35.5 Å². The van der Waals surface area contributed by atoms with E-state index in [2.05, 4.69) is 91.5 Å². The molecule has 0 aromatic carbocycles. The first-order chi connectivity index (χ1) is 20.8. The molecule has 4 fully saturated rings. The Morgan fingerprint density at radius 1 is 0.591 bits per heavy atom. The summed E-state index contributed by atoms with van der Waals surface area (Å²) in [5, 5.41) is 0. The van der Waals surface area contributed by atoms with Gasteiger partial charge < -0.3 is 31.2 Å². The summed E-state index contributed by atoms with van der Waals surface area (Å²) in [6, 6.07) is 0. The molecule has 0 N–H and O–H groups in total. The number of allylic oxidation sites excluding steroid dienone is 16. The fourth-order valence-corrected chi connectivity index (χ4v) is 10.9. The first kappa shape index (κ1) is 36.1. The van der Waals surface area contributed by atoms with Crippen LogP contribution in [0.25, 0.3) is 0 Å². The van der Waals surface area contributed by atoms with E-state index in [9.17, 15) is 0 Å². The zero-order valence-corrected chi connectivity index (χ0v) is 30.4. The van der Waals surface area contributed by atoms with Crippen molar-refractivity contribution in [1.29, 1.82) is 0 Å². The molecule has 3 heteroatoms. The third-order valence-electron chi connectivity index (χ3n) is 11.4. The number of rotatable bonds is 4. The molecular weight excluding hydrogens is 655 g/mol. The second-order valence-electron chi connectivity index (χ2n) is 14.1. The Labute approximate surface area is 296 Å². The Morgan fingerprint density at radius 2 is 1.09 bits per heavy atom. The Kier molecular flexibility index (Phi) is 15.2. The molecule has 8 rings (SSSR count). The van der Waals surface area contributed by atoms with Gasteiger partial charge >= 0.3 is 116 Å². The van der Waals surface area contributed by atoms with E-state index in [4.69, 9.17) is 0 Å². The molecule has 0 aliphatic heterocycles. The summed E-state index contributed by atoms with van der Waals surface area (Å²) in [4.78, 5) is 0. The molecule has 8 aliphatic carbocycles. The monoisotopic (exact) mass is 704 g/mol. The van der Waals surface area contributed by atoms with Gasteiger partial charge in [-0.1, -0.05) is 72.8 Å². The van der Waals surface area contributed by atoms with Crippen molar-refractivity contribution in [2.75, 3.05) is 0 Å². The van der Waals surface area contributed by atoms with Crippen LogP contribution in [0.5, 0.6) is 0 Å². The van der Waals surface area contributed by atoms with Crippen LogP contribution in [0.4, 0.5) is 0 Å². The number of halogens is 2. The molecule has 0 heterocycles. The second-order valence-corrected chi connectivity index (χ2v) is 15.9. The average Bonchev–Trinajstić information content (AvgIpc) is 3.75. The third-order valence-corrected chi connectivity index (χ3v) is 12.4. The fourth-order valence-electron chi connectivity index (χ4n) is 9.48. The minimum absolute atomic E-state index is 0. The summed E-state index contributed by atoms with van der Waals surface area (Å²) in [6.45, 7) is 0. The maximum atomic E-state index is 2.99. The summed E-state index contributed by atoms with van der Waals surface area (Å²) in [7, 11) is 0. The molecule has 0 radical (unpaired) electrons. The van der Waals surface area contributed by atoms with Gasteiger partial charge in [0.25, 0.3) is 0 Å². The van der Waals surface area contributed by atoms with Gasteiger partial charge in [0, 0.05) is 0 Å². The molecule has 0 spiro atoms. The predicted octanol–water partition coefficient (Wildman–Crippen LogP) is 4.49. The zero-order valence-electron chi connectivity index (χ0n) is 26.5. The van der Waals surface area contributed by atoms with Crippen LogP contribution in [0.1, 0.15) is 83.5 Å². The van der Waals surface area contributed by atoms with Crippen LogP contribution in [0, 0.1) is 71.7 Å². The Bertz CT molecular complexity index is 1110. The molecule has 236 valence electrons. The molecule has 0 bridgehead atoms. The molecule has 8 aliphatic rings. The van der Waals surface area contributed by atoms with E-state index in [1.807, 2.05) is 15.4 Å². The van der Waals surface area contributed by atoms with Crippen molar-refractivity contribution < 1.29 is 49.0 Å². The van der Waals surface area contributed by atoms with Crippen molar-refractivity contribution in [1.82, 2.24) is 0 Å². The normalized spacial score (nSPS) is 35.5. The van der Waals surface area contributed by atoms with Crippen molar-refractivity contribution >= 4 is 3.21 Å². The molecule has 4 saturated carbocycles. The zero-order chi connectivity index (χ0) is 28.6. The summed E-state index contributed by atoms with van der Waals surface area (Å²) >= 11 is 1.75. The van der Waals surface area contributed by atoms with Crippen molar-refractivity contribution in [2.24, 2.45) is 59.2 Å². The van der Waals surface area contributed by atoms with Crippen molar-refractivity contribution in [3.63, 3.8) is 0 Å². The summed E-state index contributed by atoms with van der Waals surface area (Å²) in [5.74, 6) is 7.81. The molecule has 0 amide bonds. The summed E-state index contributed by atoms with van der Waals surface area (Å²) < 4.78 is 1.91. The maximum absolute atomic E-state index is 2.99. The molecule has 0 saturated heterocycles. The van der Waals surface area contributed by atoms with Crippen molar-refractivity contribution in [2.45, 2.75) is 83.5 Å². The van der Waals surface area contributed by atoms with Gasteiger partial charge in [0.15, 0.2) is 0 Å². The quantitative estimate of drug-likeness (QED) is 0.379. The Hall–Kier alpha value is -0.747. The van der Waals surface area contributed by atoms with Gasteiger partial charge in [-0.2, -0.15) is 12.0 Å². The van der Waals surface area contributed by atoms with Crippen LogP contribution in [-0.4, -0.2) is 3.21 Å². The van der Waals surface area contributed by atoms with E-state index >= 15 is 0 Å². The first-order valence-electron chi connectivity index (χ1n) is 17.5. The molecular formula is C41H52Cl2Zr-2. The molecule has 0 nitrogen and oxygen atoms in total. The van der Waals surface area contributed by atoms with Crippen molar-refractivity contribution in [3.05, 3.63) is 104 Å². The van der Waals surface area contributed by atoms with Crippen LogP contribution in [0.15, 0.2) is 91.1 Å². The van der Waals surface area contributed by atoms with Crippen LogP contribution in [-0.2, 0) is 24.2 Å². The molecule has 0 aromatic rings. The van der Waals surface area contributed by atoms with Gasteiger partial charge in [0.2, 0.25) is 0 Å². The number of fused-ring (bicyclic) bond motifs is 8. The fraction of sp³-hybridized carbons (Fsp3) is 0.561.